The highest BCUT2D eigenvalue weighted by Crippen LogP contribution is 2.22. The van der Waals surface area contributed by atoms with Gasteiger partial charge in [0.1, 0.15) is 4.90 Å². The van der Waals surface area contributed by atoms with Gasteiger partial charge < -0.3 is 5.73 Å². The van der Waals surface area contributed by atoms with E-state index in [-0.39, 0.29) is 22.5 Å². The van der Waals surface area contributed by atoms with E-state index in [1.165, 1.54) is 0 Å². The van der Waals surface area contributed by atoms with Crippen LogP contribution < -0.4 is 10.5 Å². The van der Waals surface area contributed by atoms with Gasteiger partial charge in [-0.05, 0) is 31.4 Å². The third-order valence-electron chi connectivity index (χ3n) is 2.85. The van der Waals surface area contributed by atoms with E-state index in [0.717, 1.165) is 0 Å². The molecule has 0 aliphatic rings. The summed E-state index contributed by atoms with van der Waals surface area (Å²) in [4.78, 5) is 0.188. The molecule has 1 atom stereocenters. The maximum atomic E-state index is 12.2. The standard InChI is InChI=1S/C12H20N2O2S/c1-8(2)10(4)14-17(15,16)12-9(3)6-5-7-11(12)13/h5-8,10,14H,13H2,1-4H3. The first kappa shape index (κ1) is 14.0. The minimum absolute atomic E-state index is 0.126. The van der Waals surface area contributed by atoms with Crippen molar-refractivity contribution >= 4 is 15.7 Å². The van der Waals surface area contributed by atoms with Crippen LogP contribution in [0.4, 0.5) is 5.69 Å². The van der Waals surface area contributed by atoms with E-state index in [9.17, 15) is 8.42 Å². The van der Waals surface area contributed by atoms with Crippen LogP contribution >= 0.6 is 0 Å². The highest BCUT2D eigenvalue weighted by molar-refractivity contribution is 7.89. The second-order valence-electron chi connectivity index (χ2n) is 4.65. The molecule has 96 valence electrons. The molecule has 0 amide bonds. The summed E-state index contributed by atoms with van der Waals surface area (Å²) in [5, 5.41) is 0. The summed E-state index contributed by atoms with van der Waals surface area (Å²) in [6.45, 7) is 7.52. The molecule has 4 nitrogen and oxygen atoms in total. The summed E-state index contributed by atoms with van der Waals surface area (Å²) in [6, 6.07) is 4.96. The van der Waals surface area contributed by atoms with Crippen LogP contribution in [0.5, 0.6) is 0 Å². The fourth-order valence-corrected chi connectivity index (χ4v) is 3.23. The number of nitrogens with two attached hydrogens (primary N) is 1. The Kier molecular flexibility index (Phi) is 4.16. The van der Waals surface area contributed by atoms with E-state index in [2.05, 4.69) is 4.72 Å². The number of aryl methyl sites for hydroxylation is 1. The second kappa shape index (κ2) is 5.06. The van der Waals surface area contributed by atoms with Crippen LogP contribution in [0.3, 0.4) is 0 Å². The third-order valence-corrected chi connectivity index (χ3v) is 4.63. The van der Waals surface area contributed by atoms with E-state index < -0.39 is 10.0 Å². The van der Waals surface area contributed by atoms with Gasteiger partial charge >= 0.3 is 0 Å². The molecule has 0 fully saturated rings. The number of rotatable bonds is 4. The largest absolute Gasteiger partial charge is 0.398 e. The minimum Gasteiger partial charge on any atom is -0.398 e. The van der Waals surface area contributed by atoms with Crippen molar-refractivity contribution in [3.8, 4) is 0 Å². The summed E-state index contributed by atoms with van der Waals surface area (Å²) < 4.78 is 27.0. The van der Waals surface area contributed by atoms with Crippen LogP contribution in [0.15, 0.2) is 23.1 Å². The van der Waals surface area contributed by atoms with Crippen molar-refractivity contribution in [1.82, 2.24) is 4.72 Å². The predicted octanol–water partition coefficient (Wildman–Crippen LogP) is 1.90. The number of hydrogen-bond acceptors (Lipinski definition) is 3. The monoisotopic (exact) mass is 256 g/mol. The van der Waals surface area contributed by atoms with Gasteiger partial charge in [0.2, 0.25) is 10.0 Å². The molecule has 0 heterocycles. The van der Waals surface area contributed by atoms with E-state index in [0.29, 0.717) is 5.56 Å². The molecule has 0 radical (unpaired) electrons. The molecule has 0 bridgehead atoms. The van der Waals surface area contributed by atoms with Crippen LogP contribution in [-0.4, -0.2) is 14.5 Å². The predicted molar refractivity (Wildman–Crippen MR) is 70.2 cm³/mol. The SMILES string of the molecule is Cc1cccc(N)c1S(=O)(=O)NC(C)C(C)C. The van der Waals surface area contributed by atoms with Gasteiger partial charge in [-0.2, -0.15) is 0 Å². The normalized spacial score (nSPS) is 13.9. The zero-order chi connectivity index (χ0) is 13.2. The Bertz CT molecular complexity index is 475. The molecule has 5 heteroatoms. The van der Waals surface area contributed by atoms with Crippen molar-refractivity contribution in [3.63, 3.8) is 0 Å². The maximum absolute atomic E-state index is 12.2. The van der Waals surface area contributed by atoms with E-state index in [1.807, 2.05) is 20.8 Å². The van der Waals surface area contributed by atoms with Crippen LogP contribution in [0, 0.1) is 12.8 Å². The Hall–Kier alpha value is -1.07. The lowest BCUT2D eigenvalue weighted by Crippen LogP contribution is -2.36. The Labute approximate surface area is 103 Å². The van der Waals surface area contributed by atoms with Crippen molar-refractivity contribution in [2.24, 2.45) is 5.92 Å². The first-order chi connectivity index (χ1) is 7.75. The first-order valence-electron chi connectivity index (χ1n) is 5.63. The van der Waals surface area contributed by atoms with Crippen molar-refractivity contribution < 1.29 is 8.42 Å². The molecule has 0 saturated heterocycles. The fraction of sp³-hybridized carbons (Fsp3) is 0.500. The topological polar surface area (TPSA) is 72.2 Å². The number of anilines is 1. The lowest BCUT2D eigenvalue weighted by atomic mass is 10.1. The molecule has 0 aromatic heterocycles. The quantitative estimate of drug-likeness (QED) is 0.808. The number of hydrogen-bond donors (Lipinski definition) is 2. The van der Waals surface area contributed by atoms with Crippen LogP contribution in [0.25, 0.3) is 0 Å². The molecule has 1 aromatic carbocycles. The van der Waals surface area contributed by atoms with Crippen LogP contribution in [0.1, 0.15) is 26.3 Å². The van der Waals surface area contributed by atoms with Gasteiger partial charge in [0.25, 0.3) is 0 Å². The number of nitrogen functional groups attached to an aromatic ring is 1. The lowest BCUT2D eigenvalue weighted by molar-refractivity contribution is 0.476. The van der Waals surface area contributed by atoms with E-state index in [4.69, 9.17) is 5.73 Å². The Morgan fingerprint density at radius 2 is 1.82 bits per heavy atom. The molecule has 1 unspecified atom stereocenters. The zero-order valence-electron chi connectivity index (χ0n) is 10.7. The van der Waals surface area contributed by atoms with Crippen molar-refractivity contribution in [2.45, 2.75) is 38.6 Å². The molecule has 1 rings (SSSR count). The number of sulfonamides is 1. The van der Waals surface area contributed by atoms with Crippen LogP contribution in [0.2, 0.25) is 0 Å². The van der Waals surface area contributed by atoms with Crippen molar-refractivity contribution in [2.75, 3.05) is 5.73 Å². The molecule has 17 heavy (non-hydrogen) atoms. The molecule has 1 aromatic rings. The Balaban J connectivity index is 3.14. The lowest BCUT2D eigenvalue weighted by Gasteiger charge is -2.19. The molecule has 0 aliphatic carbocycles. The molecule has 0 saturated carbocycles. The summed E-state index contributed by atoms with van der Waals surface area (Å²) in [6.07, 6.45) is 0. The van der Waals surface area contributed by atoms with Crippen molar-refractivity contribution in [3.05, 3.63) is 23.8 Å². The van der Waals surface area contributed by atoms with Gasteiger partial charge in [-0.25, -0.2) is 13.1 Å². The average molecular weight is 256 g/mol. The molecular weight excluding hydrogens is 236 g/mol. The maximum Gasteiger partial charge on any atom is 0.243 e. The van der Waals surface area contributed by atoms with Gasteiger partial charge in [-0.1, -0.05) is 26.0 Å². The second-order valence-corrected chi connectivity index (χ2v) is 6.30. The third kappa shape index (κ3) is 3.20. The highest BCUT2D eigenvalue weighted by Gasteiger charge is 2.23. The zero-order valence-corrected chi connectivity index (χ0v) is 11.5. The van der Waals surface area contributed by atoms with Gasteiger partial charge in [-0.3, -0.25) is 0 Å². The average Bonchev–Trinajstić information content (AvgIpc) is 2.15. The Morgan fingerprint density at radius 3 is 2.29 bits per heavy atom. The van der Waals surface area contributed by atoms with Crippen molar-refractivity contribution in [1.29, 1.82) is 0 Å². The van der Waals surface area contributed by atoms with E-state index in [1.54, 1.807) is 25.1 Å². The molecule has 3 N–H and O–H groups in total. The smallest absolute Gasteiger partial charge is 0.243 e. The first-order valence-corrected chi connectivity index (χ1v) is 7.11. The number of benzene rings is 1. The van der Waals surface area contributed by atoms with Gasteiger partial charge in [-0.15, -0.1) is 0 Å². The van der Waals surface area contributed by atoms with Gasteiger partial charge in [0.05, 0.1) is 5.69 Å². The summed E-state index contributed by atoms with van der Waals surface area (Å²) in [5.41, 5.74) is 6.69. The Morgan fingerprint density at radius 1 is 1.24 bits per heavy atom. The van der Waals surface area contributed by atoms with E-state index >= 15 is 0 Å². The summed E-state index contributed by atoms with van der Waals surface area (Å²) >= 11 is 0. The summed E-state index contributed by atoms with van der Waals surface area (Å²) in [5.74, 6) is 0.231. The van der Waals surface area contributed by atoms with Crippen LogP contribution in [-0.2, 0) is 10.0 Å². The summed E-state index contributed by atoms with van der Waals surface area (Å²) in [7, 11) is -3.54. The molecule has 0 aliphatic heterocycles. The fourth-order valence-electron chi connectivity index (χ4n) is 1.48. The highest BCUT2D eigenvalue weighted by atomic mass is 32.2. The number of nitrogens with one attached hydrogen (secondary N) is 1. The minimum atomic E-state index is -3.54. The van der Waals surface area contributed by atoms with Gasteiger partial charge in [0.15, 0.2) is 0 Å². The van der Waals surface area contributed by atoms with Gasteiger partial charge in [0, 0.05) is 6.04 Å². The molecule has 0 spiro atoms. The molecular formula is C12H20N2O2S.